The molecule has 2 aromatic heterocycles. The number of aromatic nitrogens is 2. The van der Waals surface area contributed by atoms with Crippen molar-refractivity contribution in [2.45, 2.75) is 116 Å². The number of imide groups is 1. The van der Waals surface area contributed by atoms with Crippen molar-refractivity contribution in [2.24, 2.45) is 20.0 Å². The molecule has 4 aromatic carbocycles. The number of unbranched alkanes of at least 4 members (excludes halogenated alkanes) is 1. The van der Waals surface area contributed by atoms with Gasteiger partial charge in [-0.3, -0.25) is 9.59 Å². The molecular formula is C69H93N11O20S4Si3+2. The molecule has 7 aliphatic rings. The molecule has 578 valence electrons. The molecule has 0 radical (unpaired) electrons. The van der Waals surface area contributed by atoms with Crippen LogP contribution in [0, 0.1) is 0 Å². The first-order chi connectivity index (χ1) is 50.5. The molecule has 0 saturated carbocycles. The normalized spacial score (nSPS) is 18.5. The molecule has 2 amide bonds. The van der Waals surface area contributed by atoms with Crippen LogP contribution in [0.4, 0.5) is 11.6 Å². The summed E-state index contributed by atoms with van der Waals surface area (Å²) in [6.45, 7) is 13.3. The van der Waals surface area contributed by atoms with E-state index in [0.717, 1.165) is 56.6 Å². The summed E-state index contributed by atoms with van der Waals surface area (Å²) in [6, 6.07) is 32.7. The van der Waals surface area contributed by atoms with Crippen LogP contribution in [0.25, 0.3) is 21.5 Å². The Morgan fingerprint density at radius 1 is 0.477 bits per heavy atom. The van der Waals surface area contributed by atoms with Crippen LogP contribution in [0.3, 0.4) is 0 Å². The quantitative estimate of drug-likeness (QED) is 0.0110. The van der Waals surface area contributed by atoms with Crippen molar-refractivity contribution in [2.75, 3.05) is 102 Å². The molecule has 1 unspecified atom stereocenters. The molecule has 0 bridgehead atoms. The Labute approximate surface area is 623 Å². The number of fused-ring (bicyclic) bond motifs is 12. The van der Waals surface area contributed by atoms with Gasteiger partial charge in [-0.25, -0.2) is 4.79 Å². The average Bonchev–Trinajstić information content (AvgIpc) is 1.48. The van der Waals surface area contributed by atoms with E-state index in [2.05, 4.69) is 50.1 Å². The predicted octanol–water partition coefficient (Wildman–Crippen LogP) is 6.12. The Balaban J connectivity index is 0.967. The van der Waals surface area contributed by atoms with Crippen molar-refractivity contribution in [3.05, 3.63) is 130 Å². The summed E-state index contributed by atoms with van der Waals surface area (Å²) in [5.41, 5.74) is 3.98. The van der Waals surface area contributed by atoms with Gasteiger partial charge in [-0.2, -0.15) is 0 Å². The van der Waals surface area contributed by atoms with E-state index in [9.17, 15) is 74.5 Å². The molecule has 107 heavy (non-hydrogen) atoms. The topological polar surface area (TPSA) is 383 Å². The summed E-state index contributed by atoms with van der Waals surface area (Å²) in [4.78, 5) is 65.0. The van der Waals surface area contributed by atoms with Crippen LogP contribution in [0.2, 0.25) is 38.3 Å². The third-order valence-electron chi connectivity index (χ3n) is 21.8. The summed E-state index contributed by atoms with van der Waals surface area (Å²) in [6.07, 6.45) is 1.92. The Bertz CT molecular complexity index is 5150. The number of amides is 2. The maximum absolute atomic E-state index is 12.5. The zero-order chi connectivity index (χ0) is 76.4. The number of carbonyl (C=O) groups excluding carboxylic acids is 3. The molecule has 9 heterocycles. The standard InChI is InChI=1S/C69H91N11O20S4Si3/c1-6-7-33-80(37-19-48-104(93,94)95,40-42-97-44-43-96-41-32-61(83)98-74-59(81)30-31-60(74)82)39-21-50-106(4,5)100-107(99-105(2,3)49-20-38-79(34-16-45-101(84,85)86,35-17-46-102(87,88)89)36-18-47-103(90,91)92)75-62-51-22-8-9-23-52(51)63(75)71-65-55-26-12-13-27-56(55)67(77(65)107)73-69-58-29-15-14-28-57(58)68(78(69)107)72-66-54-25-11-10-24-53(54)64(70-62)76(66)107/h8-15,22-29H,6-7,16-21,30-50H2,1-5H3,(H2-2,84,85,86,87,88,89,90,91,92,93,94,95)/p+2. The van der Waals surface area contributed by atoms with E-state index in [-0.39, 0.29) is 102 Å². The summed E-state index contributed by atoms with van der Waals surface area (Å²) < 4.78 is 180. The number of amidine groups is 4. The zero-order valence-corrected chi connectivity index (χ0v) is 66.9. The number of ether oxygens (including phenoxy) is 2. The fourth-order valence-corrected chi connectivity index (χ4v) is 41.9. The van der Waals surface area contributed by atoms with Crippen molar-refractivity contribution >= 4 is 139 Å². The molecule has 1 saturated heterocycles. The minimum atomic E-state index is -7.41. The zero-order valence-electron chi connectivity index (χ0n) is 60.6. The van der Waals surface area contributed by atoms with Crippen molar-refractivity contribution < 1.29 is 106 Å². The van der Waals surface area contributed by atoms with Crippen LogP contribution in [0.5, 0.6) is 0 Å². The third-order valence-corrected chi connectivity index (χ3v) is 41.7. The van der Waals surface area contributed by atoms with Crippen LogP contribution in [0.1, 0.15) is 99.8 Å². The molecule has 1 spiro atoms. The van der Waals surface area contributed by atoms with Gasteiger partial charge in [-0.05, 0) is 0 Å². The number of carbonyl (C=O) groups is 3. The fraction of sp³-hybridized carbons (Fsp3) is 0.493. The second-order valence-corrected chi connectivity index (χ2v) is 50.9. The monoisotopic (exact) mass is 1610 g/mol. The van der Waals surface area contributed by atoms with Gasteiger partial charge < -0.3 is 4.84 Å². The molecule has 38 heteroatoms. The second-order valence-electron chi connectivity index (χ2n) is 30.3. The second kappa shape index (κ2) is 28.6. The minimum Gasteiger partial charge on any atom is -0.330 e. The van der Waals surface area contributed by atoms with Gasteiger partial charge in [0.1, 0.15) is 0 Å². The van der Waals surface area contributed by atoms with Crippen molar-refractivity contribution in [1.82, 2.24) is 13.5 Å². The van der Waals surface area contributed by atoms with Crippen molar-refractivity contribution in [1.29, 1.82) is 0 Å². The third kappa shape index (κ3) is 14.3. The number of hydroxylamine groups is 2. The van der Waals surface area contributed by atoms with E-state index in [1.165, 1.54) is 0 Å². The molecule has 13 rings (SSSR count). The number of hydrogen-bond acceptors (Lipinski definition) is 20. The molecule has 1 fully saturated rings. The molecule has 4 N–H and O–H groups in total. The molecule has 6 aromatic rings. The minimum absolute atomic E-state index is 0.0343. The van der Waals surface area contributed by atoms with Crippen LogP contribution >= 0.6 is 0 Å². The fourth-order valence-electron chi connectivity index (χ4n) is 17.7. The van der Waals surface area contributed by atoms with Gasteiger partial charge in [0.2, 0.25) is 0 Å². The smallest absolute Gasteiger partial charge is 0.330 e. The first-order valence-corrected chi connectivity index (χ1v) is 51.7. The molecule has 31 nitrogen and oxygen atoms in total. The van der Waals surface area contributed by atoms with E-state index >= 15 is 0 Å². The average molecular weight is 1610 g/mol. The van der Waals surface area contributed by atoms with Gasteiger partial charge in [-0.1, -0.05) is 0 Å². The van der Waals surface area contributed by atoms with Gasteiger partial charge in [-0.15, -0.1) is 5.06 Å². The summed E-state index contributed by atoms with van der Waals surface area (Å²) in [5, 5.41) is 3.47. The van der Waals surface area contributed by atoms with Crippen LogP contribution < -0.4 is 11.0 Å². The van der Waals surface area contributed by atoms with Gasteiger partial charge >= 0.3 is 565 Å². The number of benzene rings is 4. The Kier molecular flexibility index (Phi) is 20.9. The van der Waals surface area contributed by atoms with E-state index < -0.39 is 106 Å². The summed E-state index contributed by atoms with van der Waals surface area (Å²) in [7, 11) is -32.8. The van der Waals surface area contributed by atoms with Gasteiger partial charge in [0.25, 0.3) is 11.8 Å². The number of aliphatic imine (C=N–C) groups is 2. The van der Waals surface area contributed by atoms with E-state index in [4.69, 9.17) is 34.3 Å². The number of rotatable bonds is 41. The number of nitrogens with zero attached hydrogens (tertiary/aromatic N) is 11. The SMILES string of the molecule is CCCC[N+](CCC[Si](C)(C)O[Si-2]123(O[Si](C)(C)CCC[N+](CCCS(=O)(=O)O)(CCCS(=O)(=O)O)CCCS(=O)(=O)O)n4c5c6ccccc6c4N=C4c6ccccc6C(=[N+]41)N=c1c4ccccc4c(n12)=NC1=[N+]3C(=N5)c2ccccc21)(CCCS(=O)(=O)O)CCOCCOCCC(=O)ON1C(=O)CCC1=O. The first kappa shape index (κ1) is 78.0. The maximum atomic E-state index is 12.5. The summed E-state index contributed by atoms with van der Waals surface area (Å²) >= 11 is 0. The Hall–Kier alpha value is -7.10. The van der Waals surface area contributed by atoms with Crippen LogP contribution in [0.15, 0.2) is 117 Å². The van der Waals surface area contributed by atoms with Crippen LogP contribution in [-0.4, -0.2) is 250 Å². The molecule has 0 aliphatic carbocycles. The molecule has 7 aliphatic heterocycles. The van der Waals surface area contributed by atoms with E-state index in [1.807, 2.05) is 97.1 Å². The van der Waals surface area contributed by atoms with Gasteiger partial charge in [0.05, 0.1) is 13.0 Å². The number of quaternary nitrogens is 2. The van der Waals surface area contributed by atoms with Crippen molar-refractivity contribution in [3.8, 4) is 0 Å². The van der Waals surface area contributed by atoms with E-state index in [1.54, 1.807) is 0 Å². The molecule has 1 atom stereocenters. The van der Waals surface area contributed by atoms with Gasteiger partial charge in [0, 0.05) is 12.8 Å². The first-order valence-electron chi connectivity index (χ1n) is 36.4. The predicted molar refractivity (Wildman–Crippen MR) is 405 cm³/mol. The number of hydrogen-bond donors (Lipinski definition) is 4. The van der Waals surface area contributed by atoms with Gasteiger partial charge in [0.15, 0.2) is 0 Å². The summed E-state index contributed by atoms with van der Waals surface area (Å²) in [5.74, 6) is -1.41. The van der Waals surface area contributed by atoms with Crippen LogP contribution in [-0.2, 0) is 77.4 Å². The van der Waals surface area contributed by atoms with E-state index in [0.29, 0.717) is 107 Å². The Morgan fingerprint density at radius 3 is 1.25 bits per heavy atom. The molecular weight excluding hydrogens is 1520 g/mol. The van der Waals surface area contributed by atoms with Crippen molar-refractivity contribution in [3.63, 3.8) is 0 Å². The Morgan fingerprint density at radius 2 is 0.841 bits per heavy atom.